The van der Waals surface area contributed by atoms with E-state index in [9.17, 15) is 19.8 Å². The Bertz CT molecular complexity index is 809. The quantitative estimate of drug-likeness (QED) is 0.563. The third kappa shape index (κ3) is 3.44. The molecule has 0 spiro atoms. The summed E-state index contributed by atoms with van der Waals surface area (Å²) in [6.45, 7) is -0.498. The molecule has 25 heavy (non-hydrogen) atoms. The number of rotatable bonds is 4. The third-order valence-corrected chi connectivity index (χ3v) is 3.90. The van der Waals surface area contributed by atoms with E-state index < -0.39 is 42.7 Å². The molecule has 1 fully saturated rings. The first-order chi connectivity index (χ1) is 12.0. The van der Waals surface area contributed by atoms with Gasteiger partial charge in [0.15, 0.2) is 6.23 Å². The number of nitrogens with one attached hydrogen (secondary N) is 1. The Balaban J connectivity index is 1.78. The summed E-state index contributed by atoms with van der Waals surface area (Å²) in [5.74, 6) is -0.375. The minimum Gasteiger partial charge on any atom is -0.394 e. The predicted octanol–water partition coefficient (Wildman–Crippen LogP) is -0.893. The first kappa shape index (κ1) is 17.2. The maximum atomic E-state index is 12.2. The molecule has 0 unspecified atom stereocenters. The molecule has 132 valence electrons. The van der Waals surface area contributed by atoms with Crippen molar-refractivity contribution < 1.29 is 24.9 Å². The van der Waals surface area contributed by atoms with Gasteiger partial charge in [-0.15, -0.1) is 0 Å². The Morgan fingerprint density at radius 3 is 2.52 bits per heavy atom. The molecule has 3 rings (SSSR count). The molecule has 1 aromatic heterocycles. The Kier molecular flexibility index (Phi) is 4.91. The van der Waals surface area contributed by atoms with Gasteiger partial charge in [-0.05, 0) is 18.2 Å². The number of carbonyl (C=O) groups excluding carboxylic acids is 1. The Hall–Kier alpha value is -2.59. The molecule has 1 aliphatic rings. The van der Waals surface area contributed by atoms with Crippen molar-refractivity contribution in [1.82, 2.24) is 9.55 Å². The molecule has 0 saturated carbocycles. The van der Waals surface area contributed by atoms with Crippen molar-refractivity contribution in [3.05, 3.63) is 58.6 Å². The SMILES string of the molecule is O=C(Nc1ccn([C@@H]2O[C@@H](CO)[C@@H](O)[C@H]2O)c(=O)n1)c1ccccc1. The van der Waals surface area contributed by atoms with Crippen molar-refractivity contribution in [3.8, 4) is 0 Å². The molecule has 2 aromatic rings. The summed E-state index contributed by atoms with van der Waals surface area (Å²) in [5, 5.41) is 31.3. The number of anilines is 1. The summed E-state index contributed by atoms with van der Waals surface area (Å²) < 4.78 is 6.27. The van der Waals surface area contributed by atoms with Crippen LogP contribution >= 0.6 is 0 Å². The van der Waals surface area contributed by atoms with E-state index in [1.54, 1.807) is 30.3 Å². The molecular weight excluding hydrogens is 330 g/mol. The highest BCUT2D eigenvalue weighted by molar-refractivity contribution is 6.03. The maximum absolute atomic E-state index is 12.2. The molecule has 4 N–H and O–H groups in total. The van der Waals surface area contributed by atoms with Crippen LogP contribution in [0.25, 0.3) is 0 Å². The molecule has 9 heteroatoms. The Morgan fingerprint density at radius 2 is 1.92 bits per heavy atom. The number of benzene rings is 1. The number of hydrogen-bond donors (Lipinski definition) is 4. The van der Waals surface area contributed by atoms with Gasteiger partial charge in [-0.25, -0.2) is 4.79 Å². The fraction of sp³-hybridized carbons (Fsp3) is 0.312. The molecule has 1 saturated heterocycles. The molecule has 0 radical (unpaired) electrons. The molecule has 4 atom stereocenters. The number of carbonyl (C=O) groups is 1. The summed E-state index contributed by atoms with van der Waals surface area (Å²) in [6, 6.07) is 9.81. The van der Waals surface area contributed by atoms with Crippen molar-refractivity contribution in [2.45, 2.75) is 24.5 Å². The number of ether oxygens (including phenoxy) is 1. The van der Waals surface area contributed by atoms with E-state index in [1.165, 1.54) is 12.3 Å². The second-order valence-corrected chi connectivity index (χ2v) is 5.55. The molecule has 0 bridgehead atoms. The zero-order chi connectivity index (χ0) is 18.0. The minimum absolute atomic E-state index is 0.0434. The van der Waals surface area contributed by atoms with Gasteiger partial charge < -0.3 is 25.4 Å². The lowest BCUT2D eigenvalue weighted by Crippen LogP contribution is -2.36. The zero-order valence-electron chi connectivity index (χ0n) is 13.0. The summed E-state index contributed by atoms with van der Waals surface area (Å²) in [6.07, 6.45) is -3.59. The van der Waals surface area contributed by atoms with Crippen molar-refractivity contribution >= 4 is 11.7 Å². The van der Waals surface area contributed by atoms with Crippen LogP contribution in [0, 0.1) is 0 Å². The van der Waals surface area contributed by atoms with Crippen molar-refractivity contribution in [1.29, 1.82) is 0 Å². The number of aliphatic hydroxyl groups is 3. The monoisotopic (exact) mass is 347 g/mol. The number of hydrogen-bond acceptors (Lipinski definition) is 7. The van der Waals surface area contributed by atoms with E-state index in [4.69, 9.17) is 9.84 Å². The van der Waals surface area contributed by atoms with Crippen LogP contribution in [0.15, 0.2) is 47.4 Å². The van der Waals surface area contributed by atoms with E-state index in [0.717, 1.165) is 4.57 Å². The fourth-order valence-electron chi connectivity index (χ4n) is 2.56. The lowest BCUT2D eigenvalue weighted by molar-refractivity contribution is -0.0549. The highest BCUT2D eigenvalue weighted by Crippen LogP contribution is 2.28. The lowest BCUT2D eigenvalue weighted by Gasteiger charge is -2.17. The maximum Gasteiger partial charge on any atom is 0.351 e. The summed E-state index contributed by atoms with van der Waals surface area (Å²) in [7, 11) is 0. The second kappa shape index (κ2) is 7.11. The number of aromatic nitrogens is 2. The van der Waals surface area contributed by atoms with Crippen LogP contribution in [0.3, 0.4) is 0 Å². The first-order valence-electron chi connectivity index (χ1n) is 7.59. The van der Waals surface area contributed by atoms with Crippen molar-refractivity contribution in [3.63, 3.8) is 0 Å². The van der Waals surface area contributed by atoms with E-state index in [0.29, 0.717) is 5.56 Å². The average molecular weight is 347 g/mol. The highest BCUT2D eigenvalue weighted by Gasteiger charge is 2.43. The average Bonchev–Trinajstić information content (AvgIpc) is 2.91. The normalized spacial score (nSPS) is 25.7. The fourth-order valence-corrected chi connectivity index (χ4v) is 2.56. The molecule has 1 aromatic carbocycles. The molecule has 1 aliphatic heterocycles. The standard InChI is InChI=1S/C16H17N3O6/c20-8-10-12(21)13(22)15(25-10)19-7-6-11(18-16(19)24)17-14(23)9-4-2-1-3-5-9/h1-7,10,12-13,15,20-22H,8H2,(H,17,18,23,24)/t10-,12+,13+,15+/m0/s1. The van der Waals surface area contributed by atoms with Gasteiger partial charge in [0.25, 0.3) is 5.91 Å². The van der Waals surface area contributed by atoms with Crippen LogP contribution in [0.1, 0.15) is 16.6 Å². The van der Waals surface area contributed by atoms with Crippen molar-refractivity contribution in [2.75, 3.05) is 11.9 Å². The second-order valence-electron chi connectivity index (χ2n) is 5.55. The van der Waals surface area contributed by atoms with Crippen LogP contribution in [0.4, 0.5) is 5.82 Å². The van der Waals surface area contributed by atoms with E-state index in [-0.39, 0.29) is 5.82 Å². The summed E-state index contributed by atoms with van der Waals surface area (Å²) in [4.78, 5) is 27.9. The molecule has 2 heterocycles. The van der Waals surface area contributed by atoms with Crippen LogP contribution in [-0.2, 0) is 4.74 Å². The van der Waals surface area contributed by atoms with Gasteiger partial charge in [0, 0.05) is 11.8 Å². The molecule has 9 nitrogen and oxygen atoms in total. The first-order valence-corrected chi connectivity index (χ1v) is 7.59. The van der Waals surface area contributed by atoms with E-state index in [1.807, 2.05) is 0 Å². The number of nitrogens with zero attached hydrogens (tertiary/aromatic N) is 2. The van der Waals surface area contributed by atoms with Crippen molar-refractivity contribution in [2.24, 2.45) is 0 Å². The van der Waals surface area contributed by atoms with Gasteiger partial charge in [-0.1, -0.05) is 18.2 Å². The van der Waals surface area contributed by atoms with E-state index >= 15 is 0 Å². The zero-order valence-corrected chi connectivity index (χ0v) is 13.0. The summed E-state index contributed by atoms with van der Waals surface area (Å²) >= 11 is 0. The van der Waals surface area contributed by atoms with E-state index in [2.05, 4.69) is 10.3 Å². The van der Waals surface area contributed by atoms with Crippen LogP contribution in [0.5, 0.6) is 0 Å². The molecule has 0 aliphatic carbocycles. The summed E-state index contributed by atoms with van der Waals surface area (Å²) in [5.41, 5.74) is -0.363. The van der Waals surface area contributed by atoms with Gasteiger partial charge in [-0.3, -0.25) is 9.36 Å². The van der Waals surface area contributed by atoms with Crippen LogP contribution in [0.2, 0.25) is 0 Å². The van der Waals surface area contributed by atoms with Gasteiger partial charge in [0.2, 0.25) is 0 Å². The third-order valence-electron chi connectivity index (χ3n) is 3.90. The smallest absolute Gasteiger partial charge is 0.351 e. The van der Waals surface area contributed by atoms with Gasteiger partial charge in [0.1, 0.15) is 24.1 Å². The van der Waals surface area contributed by atoms with Crippen LogP contribution < -0.4 is 11.0 Å². The van der Waals surface area contributed by atoms with Gasteiger partial charge >= 0.3 is 5.69 Å². The predicted molar refractivity (Wildman–Crippen MR) is 85.9 cm³/mol. The topological polar surface area (TPSA) is 134 Å². The minimum atomic E-state index is -1.39. The molecule has 1 amide bonds. The Morgan fingerprint density at radius 1 is 1.20 bits per heavy atom. The lowest BCUT2D eigenvalue weighted by atomic mass is 10.1. The largest absolute Gasteiger partial charge is 0.394 e. The number of amides is 1. The van der Waals surface area contributed by atoms with Gasteiger partial charge in [-0.2, -0.15) is 4.98 Å². The number of aliphatic hydroxyl groups excluding tert-OH is 3. The Labute approximate surface area is 142 Å². The van der Waals surface area contributed by atoms with Crippen LogP contribution in [-0.4, -0.2) is 55.7 Å². The van der Waals surface area contributed by atoms with Gasteiger partial charge in [0.05, 0.1) is 6.61 Å². The highest BCUT2D eigenvalue weighted by atomic mass is 16.6. The molecular formula is C16H17N3O6.